The van der Waals surface area contributed by atoms with Gasteiger partial charge in [0.25, 0.3) is 0 Å². The molecule has 0 aliphatic carbocycles. The molecular formula is C16H13ClN2OS. The van der Waals surface area contributed by atoms with Crippen molar-refractivity contribution >= 4 is 29.2 Å². The maximum absolute atomic E-state index is 11.3. The molecule has 0 aliphatic rings. The van der Waals surface area contributed by atoms with Crippen molar-refractivity contribution in [3.05, 3.63) is 56.9 Å². The van der Waals surface area contributed by atoms with Crippen molar-refractivity contribution < 1.29 is 4.79 Å². The van der Waals surface area contributed by atoms with E-state index in [0.717, 1.165) is 28.7 Å². The van der Waals surface area contributed by atoms with Gasteiger partial charge in [0.1, 0.15) is 5.69 Å². The lowest BCUT2D eigenvalue weighted by atomic mass is 10.1. The zero-order valence-corrected chi connectivity index (χ0v) is 13.2. The fraction of sp³-hybridized carbons (Fsp3) is 0.125. The van der Waals surface area contributed by atoms with E-state index in [2.05, 4.69) is 17.2 Å². The van der Waals surface area contributed by atoms with Crippen molar-refractivity contribution in [3.63, 3.8) is 0 Å². The molecule has 0 spiro atoms. The molecule has 0 amide bonds. The number of thiophene rings is 1. The minimum atomic E-state index is 0.561. The summed E-state index contributed by atoms with van der Waals surface area (Å²) in [4.78, 5) is 11.3. The molecule has 2 aromatic heterocycles. The van der Waals surface area contributed by atoms with Crippen LogP contribution in [-0.4, -0.2) is 16.1 Å². The van der Waals surface area contributed by atoms with Crippen molar-refractivity contribution in [1.29, 1.82) is 0 Å². The summed E-state index contributed by atoms with van der Waals surface area (Å²) in [6.45, 7) is 4.06. The van der Waals surface area contributed by atoms with Crippen LogP contribution in [0.4, 0.5) is 0 Å². The minimum Gasteiger partial charge on any atom is -0.298 e. The molecule has 1 aromatic carbocycles. The monoisotopic (exact) mass is 316 g/mol. The van der Waals surface area contributed by atoms with Crippen LogP contribution < -0.4 is 0 Å². The van der Waals surface area contributed by atoms with Crippen LogP contribution in [0.1, 0.15) is 21.5 Å². The topological polar surface area (TPSA) is 34.9 Å². The molecule has 3 aromatic rings. The quantitative estimate of drug-likeness (QED) is 0.657. The number of hydrogen-bond donors (Lipinski definition) is 0. The van der Waals surface area contributed by atoms with Gasteiger partial charge in [0, 0.05) is 17.1 Å². The van der Waals surface area contributed by atoms with E-state index in [0.29, 0.717) is 15.6 Å². The Labute approximate surface area is 131 Å². The smallest absolute Gasteiger partial charge is 0.153 e. The number of halogens is 1. The van der Waals surface area contributed by atoms with Gasteiger partial charge in [-0.15, -0.1) is 11.3 Å². The molecule has 0 unspecified atom stereocenters. The molecule has 0 aliphatic heterocycles. The fourth-order valence-electron chi connectivity index (χ4n) is 2.22. The summed E-state index contributed by atoms with van der Waals surface area (Å²) in [6.07, 6.45) is 2.59. The first-order valence-corrected chi connectivity index (χ1v) is 7.71. The summed E-state index contributed by atoms with van der Waals surface area (Å²) in [5.74, 6) is 0. The molecule has 21 heavy (non-hydrogen) atoms. The Bertz CT molecular complexity index is 820. The lowest BCUT2D eigenvalue weighted by Crippen LogP contribution is -1.98. The van der Waals surface area contributed by atoms with Gasteiger partial charge in [0.15, 0.2) is 6.29 Å². The molecule has 0 saturated carbocycles. The van der Waals surface area contributed by atoms with Gasteiger partial charge in [-0.05, 0) is 37.1 Å². The fourth-order valence-corrected chi connectivity index (χ4v) is 3.09. The molecule has 0 bridgehead atoms. The summed E-state index contributed by atoms with van der Waals surface area (Å²) < 4.78 is 2.44. The van der Waals surface area contributed by atoms with Gasteiger partial charge in [-0.25, -0.2) is 4.68 Å². The molecule has 0 atom stereocenters. The number of benzene rings is 1. The maximum atomic E-state index is 11.3. The molecule has 0 fully saturated rings. The van der Waals surface area contributed by atoms with E-state index in [4.69, 9.17) is 11.6 Å². The number of rotatable bonds is 3. The van der Waals surface area contributed by atoms with Crippen molar-refractivity contribution in [2.75, 3.05) is 0 Å². The number of carbonyl (C=O) groups excluding carboxylic acids is 1. The van der Waals surface area contributed by atoms with E-state index in [1.807, 2.05) is 31.4 Å². The third-order valence-electron chi connectivity index (χ3n) is 3.32. The lowest BCUT2D eigenvalue weighted by Gasteiger charge is -2.06. The Balaban J connectivity index is 2.15. The van der Waals surface area contributed by atoms with Crippen LogP contribution in [0, 0.1) is 13.8 Å². The van der Waals surface area contributed by atoms with Crippen LogP contribution in [0.2, 0.25) is 4.34 Å². The number of hydrogen-bond acceptors (Lipinski definition) is 3. The van der Waals surface area contributed by atoms with E-state index < -0.39 is 0 Å². The van der Waals surface area contributed by atoms with Crippen LogP contribution >= 0.6 is 22.9 Å². The molecule has 0 saturated heterocycles. The second-order valence-electron chi connectivity index (χ2n) is 4.92. The van der Waals surface area contributed by atoms with Gasteiger partial charge in [-0.2, -0.15) is 5.10 Å². The number of aldehydes is 1. The minimum absolute atomic E-state index is 0.561. The number of nitrogens with zero attached hydrogens (tertiary/aromatic N) is 2. The van der Waals surface area contributed by atoms with E-state index in [1.165, 1.54) is 11.3 Å². The van der Waals surface area contributed by atoms with E-state index >= 15 is 0 Å². The van der Waals surface area contributed by atoms with Crippen LogP contribution in [0.15, 0.2) is 35.8 Å². The Morgan fingerprint density at radius 1 is 1.29 bits per heavy atom. The van der Waals surface area contributed by atoms with Gasteiger partial charge in [-0.1, -0.05) is 23.7 Å². The third-order valence-corrected chi connectivity index (χ3v) is 4.41. The predicted molar refractivity (Wildman–Crippen MR) is 86.7 cm³/mol. The molecule has 2 heterocycles. The number of aromatic nitrogens is 2. The summed E-state index contributed by atoms with van der Waals surface area (Å²) >= 11 is 7.40. The highest BCUT2D eigenvalue weighted by Gasteiger charge is 2.14. The van der Waals surface area contributed by atoms with E-state index in [-0.39, 0.29) is 0 Å². The molecule has 0 N–H and O–H groups in total. The van der Waals surface area contributed by atoms with Crippen LogP contribution in [0.3, 0.4) is 0 Å². The normalized spacial score (nSPS) is 10.8. The van der Waals surface area contributed by atoms with Gasteiger partial charge in [-0.3, -0.25) is 4.79 Å². The first kappa shape index (κ1) is 14.0. The molecule has 3 rings (SSSR count). The van der Waals surface area contributed by atoms with E-state index in [1.54, 1.807) is 10.9 Å². The van der Waals surface area contributed by atoms with Crippen LogP contribution in [0.25, 0.3) is 16.9 Å². The Kier molecular flexibility index (Phi) is 3.66. The largest absolute Gasteiger partial charge is 0.298 e. The zero-order valence-electron chi connectivity index (χ0n) is 11.6. The van der Waals surface area contributed by atoms with Crippen molar-refractivity contribution in [1.82, 2.24) is 9.78 Å². The van der Waals surface area contributed by atoms with E-state index in [9.17, 15) is 4.79 Å². The summed E-state index contributed by atoms with van der Waals surface area (Å²) in [5, 5.41) is 6.48. The Hall–Kier alpha value is -1.91. The predicted octanol–water partition coefficient (Wildman–Crippen LogP) is 4.68. The highest BCUT2D eigenvalue weighted by atomic mass is 35.5. The molecule has 0 radical (unpaired) electrons. The van der Waals surface area contributed by atoms with Crippen molar-refractivity contribution in [2.45, 2.75) is 13.8 Å². The van der Waals surface area contributed by atoms with Crippen molar-refractivity contribution in [2.24, 2.45) is 0 Å². The first-order valence-electron chi connectivity index (χ1n) is 6.45. The maximum Gasteiger partial charge on any atom is 0.153 e. The highest BCUT2D eigenvalue weighted by Crippen LogP contribution is 2.30. The summed E-state index contributed by atoms with van der Waals surface area (Å²) in [5.41, 5.74) is 5.33. The molecule has 5 heteroatoms. The molecule has 3 nitrogen and oxygen atoms in total. The number of carbonyl (C=O) groups is 1. The number of aryl methyl sites for hydroxylation is 2. The SMILES string of the molecule is Cc1ccc(C)c(-n2cc(C=O)c(-c3csc(Cl)c3)n2)c1. The van der Waals surface area contributed by atoms with Crippen LogP contribution in [0.5, 0.6) is 0 Å². The van der Waals surface area contributed by atoms with Gasteiger partial charge in [0.05, 0.1) is 15.6 Å². The Morgan fingerprint density at radius 3 is 2.76 bits per heavy atom. The zero-order chi connectivity index (χ0) is 15.0. The summed E-state index contributed by atoms with van der Waals surface area (Å²) in [7, 11) is 0. The average Bonchev–Trinajstić information content (AvgIpc) is 3.07. The lowest BCUT2D eigenvalue weighted by molar-refractivity contribution is 0.112. The molecular weight excluding hydrogens is 304 g/mol. The second kappa shape index (κ2) is 5.47. The van der Waals surface area contributed by atoms with Crippen LogP contribution in [-0.2, 0) is 0 Å². The van der Waals surface area contributed by atoms with Gasteiger partial charge >= 0.3 is 0 Å². The summed E-state index contributed by atoms with van der Waals surface area (Å²) in [6, 6.07) is 7.99. The first-order chi connectivity index (χ1) is 10.1. The highest BCUT2D eigenvalue weighted by molar-refractivity contribution is 7.14. The Morgan fingerprint density at radius 2 is 2.10 bits per heavy atom. The average molecular weight is 317 g/mol. The molecule has 106 valence electrons. The van der Waals surface area contributed by atoms with Gasteiger partial charge in [0.2, 0.25) is 0 Å². The van der Waals surface area contributed by atoms with Gasteiger partial charge < -0.3 is 0 Å². The standard InChI is InChI=1S/C16H13ClN2OS/c1-10-3-4-11(2)14(5-10)19-7-13(8-20)16(18-19)12-6-15(17)21-9-12/h3-9H,1-2H3. The third kappa shape index (κ3) is 2.64. The second-order valence-corrected chi connectivity index (χ2v) is 6.47. The van der Waals surface area contributed by atoms with Crippen molar-refractivity contribution in [3.8, 4) is 16.9 Å².